The summed E-state index contributed by atoms with van der Waals surface area (Å²) < 4.78 is 5.32. The summed E-state index contributed by atoms with van der Waals surface area (Å²) in [6, 6.07) is -0.250. The Morgan fingerprint density at radius 2 is 2.24 bits per heavy atom. The van der Waals surface area contributed by atoms with Gasteiger partial charge in [-0.25, -0.2) is 4.79 Å². The van der Waals surface area contributed by atoms with Crippen molar-refractivity contribution in [2.45, 2.75) is 45.3 Å². The summed E-state index contributed by atoms with van der Waals surface area (Å²) in [5, 5.41) is 9.04. The fourth-order valence-electron chi connectivity index (χ4n) is 2.00. The number of ether oxygens (including phenoxy) is 1. The Balaban J connectivity index is 2.52. The van der Waals surface area contributed by atoms with E-state index in [9.17, 15) is 4.79 Å². The maximum absolute atomic E-state index is 11.9. The van der Waals surface area contributed by atoms with Gasteiger partial charge in [-0.3, -0.25) is 0 Å². The molecular formula is C12H24N2O3. The van der Waals surface area contributed by atoms with Crippen LogP contribution >= 0.6 is 0 Å². The molecule has 100 valence electrons. The second kappa shape index (κ2) is 5.69. The van der Waals surface area contributed by atoms with Crippen LogP contribution in [0.1, 0.15) is 33.6 Å². The molecule has 1 heterocycles. The van der Waals surface area contributed by atoms with Gasteiger partial charge in [0.15, 0.2) is 0 Å². The van der Waals surface area contributed by atoms with E-state index in [0.717, 1.165) is 12.8 Å². The first kappa shape index (κ1) is 14.3. The van der Waals surface area contributed by atoms with E-state index < -0.39 is 5.60 Å². The fourth-order valence-corrected chi connectivity index (χ4v) is 2.00. The molecule has 1 fully saturated rings. The smallest absolute Gasteiger partial charge is 0.410 e. The molecule has 0 aromatic rings. The Morgan fingerprint density at radius 1 is 1.59 bits per heavy atom. The van der Waals surface area contributed by atoms with E-state index >= 15 is 0 Å². The SMILES string of the molecule is CC(C)(C)OC(=O)N1CCCC([C@H](N)CO)C1. The minimum Gasteiger partial charge on any atom is -0.444 e. The highest BCUT2D eigenvalue weighted by Gasteiger charge is 2.29. The first-order chi connectivity index (χ1) is 7.83. The van der Waals surface area contributed by atoms with Crippen molar-refractivity contribution in [3.63, 3.8) is 0 Å². The second-order valence-corrected chi connectivity index (χ2v) is 5.68. The van der Waals surface area contributed by atoms with Gasteiger partial charge in [-0.1, -0.05) is 0 Å². The van der Waals surface area contributed by atoms with Crippen molar-refractivity contribution in [3.8, 4) is 0 Å². The van der Waals surface area contributed by atoms with Gasteiger partial charge >= 0.3 is 6.09 Å². The van der Waals surface area contributed by atoms with Gasteiger partial charge in [-0.2, -0.15) is 0 Å². The maximum Gasteiger partial charge on any atom is 0.410 e. The van der Waals surface area contributed by atoms with Crippen molar-refractivity contribution in [1.82, 2.24) is 4.90 Å². The lowest BCUT2D eigenvalue weighted by molar-refractivity contribution is 0.0139. The van der Waals surface area contributed by atoms with E-state index in [-0.39, 0.29) is 24.7 Å². The van der Waals surface area contributed by atoms with Crippen molar-refractivity contribution < 1.29 is 14.6 Å². The van der Waals surface area contributed by atoms with E-state index in [0.29, 0.717) is 13.1 Å². The molecule has 1 unspecified atom stereocenters. The quantitative estimate of drug-likeness (QED) is 0.758. The van der Waals surface area contributed by atoms with Crippen LogP contribution in [0.5, 0.6) is 0 Å². The monoisotopic (exact) mass is 244 g/mol. The molecule has 1 rings (SSSR count). The van der Waals surface area contributed by atoms with Gasteiger partial charge in [0, 0.05) is 19.1 Å². The van der Waals surface area contributed by atoms with Gasteiger partial charge in [-0.15, -0.1) is 0 Å². The number of aliphatic hydroxyl groups excluding tert-OH is 1. The molecule has 0 bridgehead atoms. The summed E-state index contributed by atoms with van der Waals surface area (Å²) in [5.41, 5.74) is 5.34. The number of likely N-dealkylation sites (tertiary alicyclic amines) is 1. The summed E-state index contributed by atoms with van der Waals surface area (Å²) in [4.78, 5) is 13.6. The molecule has 0 saturated carbocycles. The van der Waals surface area contributed by atoms with E-state index in [4.69, 9.17) is 15.6 Å². The molecule has 0 spiro atoms. The number of amides is 1. The summed E-state index contributed by atoms with van der Waals surface area (Å²) in [5.74, 6) is 0.168. The number of rotatable bonds is 2. The van der Waals surface area contributed by atoms with Crippen LogP contribution < -0.4 is 5.73 Å². The number of nitrogens with two attached hydrogens (primary N) is 1. The molecule has 0 aliphatic carbocycles. The predicted molar refractivity (Wildman–Crippen MR) is 65.6 cm³/mol. The van der Waals surface area contributed by atoms with Crippen LogP contribution in [0.3, 0.4) is 0 Å². The minimum absolute atomic E-state index is 0.0349. The van der Waals surface area contributed by atoms with Crippen LogP contribution in [0.4, 0.5) is 4.79 Å². The Morgan fingerprint density at radius 3 is 2.76 bits per heavy atom. The highest BCUT2D eigenvalue weighted by atomic mass is 16.6. The van der Waals surface area contributed by atoms with Crippen LogP contribution in [-0.2, 0) is 4.74 Å². The van der Waals surface area contributed by atoms with Gasteiger partial charge in [-0.05, 0) is 39.5 Å². The third-order valence-electron chi connectivity index (χ3n) is 2.93. The van der Waals surface area contributed by atoms with Crippen molar-refractivity contribution in [2.75, 3.05) is 19.7 Å². The van der Waals surface area contributed by atoms with E-state index in [2.05, 4.69) is 0 Å². The Bertz CT molecular complexity index is 263. The van der Waals surface area contributed by atoms with Crippen molar-refractivity contribution in [1.29, 1.82) is 0 Å². The molecule has 5 heteroatoms. The topological polar surface area (TPSA) is 75.8 Å². The zero-order valence-electron chi connectivity index (χ0n) is 11.0. The molecule has 1 saturated heterocycles. The highest BCUT2D eigenvalue weighted by molar-refractivity contribution is 5.68. The first-order valence-corrected chi connectivity index (χ1v) is 6.18. The number of carbonyl (C=O) groups excluding carboxylic acids is 1. The van der Waals surface area contributed by atoms with Crippen molar-refractivity contribution >= 4 is 6.09 Å². The molecule has 3 N–H and O–H groups in total. The first-order valence-electron chi connectivity index (χ1n) is 6.18. The predicted octanol–water partition coefficient (Wildman–Crippen LogP) is 0.953. The minimum atomic E-state index is -0.469. The van der Waals surface area contributed by atoms with Crippen LogP contribution in [0.15, 0.2) is 0 Å². The lowest BCUT2D eigenvalue weighted by atomic mass is 9.92. The average Bonchev–Trinajstić information content (AvgIpc) is 2.26. The van der Waals surface area contributed by atoms with Crippen LogP contribution in [-0.4, -0.2) is 47.4 Å². The summed E-state index contributed by atoms with van der Waals surface area (Å²) >= 11 is 0. The van der Waals surface area contributed by atoms with Crippen molar-refractivity contribution in [2.24, 2.45) is 11.7 Å². The Hall–Kier alpha value is -0.810. The van der Waals surface area contributed by atoms with E-state index in [1.807, 2.05) is 20.8 Å². The largest absolute Gasteiger partial charge is 0.444 e. The summed E-state index contributed by atoms with van der Waals surface area (Å²) in [6.07, 6.45) is 1.59. The maximum atomic E-state index is 11.9. The molecule has 17 heavy (non-hydrogen) atoms. The second-order valence-electron chi connectivity index (χ2n) is 5.68. The van der Waals surface area contributed by atoms with Crippen molar-refractivity contribution in [3.05, 3.63) is 0 Å². The number of carbonyl (C=O) groups is 1. The third-order valence-corrected chi connectivity index (χ3v) is 2.93. The summed E-state index contributed by atoms with van der Waals surface area (Å²) in [7, 11) is 0. The van der Waals surface area contributed by atoms with E-state index in [1.54, 1.807) is 4.90 Å². The molecule has 1 aliphatic heterocycles. The molecule has 0 radical (unpaired) electrons. The van der Waals surface area contributed by atoms with Gasteiger partial charge in [0.25, 0.3) is 0 Å². The third kappa shape index (κ3) is 4.52. The number of aliphatic hydroxyl groups is 1. The van der Waals surface area contributed by atoms with Crippen LogP contribution in [0, 0.1) is 5.92 Å². The molecule has 1 aliphatic rings. The van der Waals surface area contributed by atoms with Crippen LogP contribution in [0.2, 0.25) is 0 Å². The normalized spacial score (nSPS) is 23.4. The molecule has 0 aromatic heterocycles. The van der Waals surface area contributed by atoms with E-state index in [1.165, 1.54) is 0 Å². The standard InChI is InChI=1S/C12H24N2O3/c1-12(2,3)17-11(16)14-6-4-5-9(7-14)10(13)8-15/h9-10,15H,4-8,13H2,1-3H3/t9?,10-/m1/s1. The fraction of sp³-hybridized carbons (Fsp3) is 0.917. The molecule has 1 amide bonds. The molecule has 0 aromatic carbocycles. The number of hydrogen-bond acceptors (Lipinski definition) is 4. The van der Waals surface area contributed by atoms with Gasteiger partial charge < -0.3 is 20.5 Å². The zero-order chi connectivity index (χ0) is 13.1. The molecule has 2 atom stereocenters. The number of nitrogens with zero attached hydrogens (tertiary/aromatic N) is 1. The highest BCUT2D eigenvalue weighted by Crippen LogP contribution is 2.20. The number of hydrogen-bond donors (Lipinski definition) is 2. The molecule has 5 nitrogen and oxygen atoms in total. The Labute approximate surface area is 103 Å². The van der Waals surface area contributed by atoms with Gasteiger partial charge in [0.05, 0.1) is 6.61 Å². The molecular weight excluding hydrogens is 220 g/mol. The van der Waals surface area contributed by atoms with Gasteiger partial charge in [0.1, 0.15) is 5.60 Å². The zero-order valence-corrected chi connectivity index (χ0v) is 11.0. The number of piperidine rings is 1. The van der Waals surface area contributed by atoms with Gasteiger partial charge in [0.2, 0.25) is 0 Å². The van der Waals surface area contributed by atoms with Crippen LogP contribution in [0.25, 0.3) is 0 Å². The summed E-state index contributed by atoms with van der Waals surface area (Å²) in [6.45, 7) is 6.82. The lowest BCUT2D eigenvalue weighted by Gasteiger charge is -2.36. The lowest BCUT2D eigenvalue weighted by Crippen LogP contribution is -2.48. The Kier molecular flexibility index (Phi) is 4.77. The average molecular weight is 244 g/mol.